The average molecular weight is 310 g/mol. The molecule has 0 radical (unpaired) electrons. The van der Waals surface area contributed by atoms with Crippen molar-refractivity contribution in [1.29, 1.82) is 0 Å². The molecule has 0 bridgehead atoms. The number of aromatic hydroxyl groups is 1. The molecule has 0 unspecified atom stereocenters. The summed E-state index contributed by atoms with van der Waals surface area (Å²) in [6.45, 7) is 0.276. The van der Waals surface area contributed by atoms with Crippen molar-refractivity contribution in [2.75, 3.05) is 12.4 Å². The molecule has 21 heavy (non-hydrogen) atoms. The van der Waals surface area contributed by atoms with Crippen LogP contribution in [-0.4, -0.2) is 18.2 Å². The van der Waals surface area contributed by atoms with Crippen molar-refractivity contribution in [3.05, 3.63) is 58.4 Å². The number of phenols is 1. The number of anilines is 1. The number of halogens is 2. The number of methoxy groups -OCH3 is 1. The highest BCUT2D eigenvalue weighted by molar-refractivity contribution is 6.30. The third kappa shape index (κ3) is 3.64. The van der Waals surface area contributed by atoms with Gasteiger partial charge in [0.1, 0.15) is 11.6 Å². The molecule has 2 rings (SSSR count). The van der Waals surface area contributed by atoms with Gasteiger partial charge in [0.2, 0.25) is 0 Å². The van der Waals surface area contributed by atoms with Crippen LogP contribution in [-0.2, 0) is 11.3 Å². The molecular weight excluding hydrogens is 297 g/mol. The SMILES string of the molecule is COC(=O)c1cc(NCc2cc(Cl)ccc2O)ccc1F. The van der Waals surface area contributed by atoms with Gasteiger partial charge in [0.25, 0.3) is 0 Å². The Morgan fingerprint density at radius 1 is 1.33 bits per heavy atom. The Balaban J connectivity index is 2.17. The lowest BCUT2D eigenvalue weighted by Crippen LogP contribution is -2.06. The van der Waals surface area contributed by atoms with E-state index in [1.165, 1.54) is 31.4 Å². The second-order valence-electron chi connectivity index (χ2n) is 4.31. The van der Waals surface area contributed by atoms with E-state index >= 15 is 0 Å². The number of hydrogen-bond donors (Lipinski definition) is 2. The van der Waals surface area contributed by atoms with Gasteiger partial charge in [-0.3, -0.25) is 0 Å². The summed E-state index contributed by atoms with van der Waals surface area (Å²) in [7, 11) is 1.19. The normalized spacial score (nSPS) is 10.2. The van der Waals surface area contributed by atoms with Crippen molar-refractivity contribution in [3.63, 3.8) is 0 Å². The van der Waals surface area contributed by atoms with Crippen molar-refractivity contribution in [2.24, 2.45) is 0 Å². The largest absolute Gasteiger partial charge is 0.508 e. The summed E-state index contributed by atoms with van der Waals surface area (Å²) < 4.78 is 18.0. The molecule has 0 aliphatic heterocycles. The zero-order valence-corrected chi connectivity index (χ0v) is 11.9. The zero-order valence-electron chi connectivity index (χ0n) is 11.2. The number of nitrogens with one attached hydrogen (secondary N) is 1. The maximum absolute atomic E-state index is 13.5. The van der Waals surface area contributed by atoms with Crippen LogP contribution >= 0.6 is 11.6 Å². The molecule has 0 amide bonds. The first-order chi connectivity index (χ1) is 10.0. The van der Waals surface area contributed by atoms with Crippen LogP contribution in [0.15, 0.2) is 36.4 Å². The standard InChI is InChI=1S/C15H13ClFNO3/c1-21-15(20)12-7-11(3-4-13(12)17)18-8-9-6-10(16)2-5-14(9)19/h2-7,18-19H,8H2,1H3. The molecule has 2 aromatic rings. The van der Waals surface area contributed by atoms with Crippen LogP contribution in [0.4, 0.5) is 10.1 Å². The fourth-order valence-corrected chi connectivity index (χ4v) is 1.99. The van der Waals surface area contributed by atoms with Crippen LogP contribution in [0.25, 0.3) is 0 Å². The lowest BCUT2D eigenvalue weighted by atomic mass is 10.1. The van der Waals surface area contributed by atoms with Gasteiger partial charge >= 0.3 is 5.97 Å². The average Bonchev–Trinajstić information content (AvgIpc) is 2.48. The van der Waals surface area contributed by atoms with E-state index in [1.807, 2.05) is 0 Å². The van der Waals surface area contributed by atoms with Gasteiger partial charge in [0, 0.05) is 22.8 Å². The van der Waals surface area contributed by atoms with E-state index in [4.69, 9.17) is 11.6 Å². The predicted molar refractivity (Wildman–Crippen MR) is 78.2 cm³/mol. The monoisotopic (exact) mass is 309 g/mol. The summed E-state index contributed by atoms with van der Waals surface area (Å²) in [5.41, 5.74) is 0.959. The minimum Gasteiger partial charge on any atom is -0.508 e. The summed E-state index contributed by atoms with van der Waals surface area (Å²) >= 11 is 5.86. The number of hydrogen-bond acceptors (Lipinski definition) is 4. The molecule has 110 valence electrons. The predicted octanol–water partition coefficient (Wildman–Crippen LogP) is 3.58. The fourth-order valence-electron chi connectivity index (χ4n) is 1.79. The minimum atomic E-state index is -0.748. The number of rotatable bonds is 4. The fraction of sp³-hybridized carbons (Fsp3) is 0.133. The third-order valence-electron chi connectivity index (χ3n) is 2.90. The maximum atomic E-state index is 13.5. The van der Waals surface area contributed by atoms with Crippen LogP contribution in [0.5, 0.6) is 5.75 Å². The van der Waals surface area contributed by atoms with E-state index < -0.39 is 11.8 Å². The molecule has 0 atom stereocenters. The molecule has 6 heteroatoms. The van der Waals surface area contributed by atoms with E-state index in [-0.39, 0.29) is 17.9 Å². The van der Waals surface area contributed by atoms with Crippen LogP contribution in [0, 0.1) is 5.82 Å². The highest BCUT2D eigenvalue weighted by atomic mass is 35.5. The van der Waals surface area contributed by atoms with E-state index in [1.54, 1.807) is 12.1 Å². The van der Waals surface area contributed by atoms with Crippen molar-refractivity contribution in [3.8, 4) is 5.75 Å². The molecule has 0 saturated carbocycles. The molecule has 0 aliphatic carbocycles. The Kier molecular flexibility index (Phi) is 4.65. The molecule has 0 spiro atoms. The summed E-state index contributed by atoms with van der Waals surface area (Å²) in [6.07, 6.45) is 0. The van der Waals surface area contributed by atoms with Gasteiger partial charge in [-0.05, 0) is 36.4 Å². The van der Waals surface area contributed by atoms with Gasteiger partial charge in [-0.25, -0.2) is 9.18 Å². The molecule has 0 aliphatic rings. The van der Waals surface area contributed by atoms with Crippen molar-refractivity contribution in [2.45, 2.75) is 6.54 Å². The number of phenolic OH excluding ortho intramolecular Hbond substituents is 1. The van der Waals surface area contributed by atoms with E-state index in [9.17, 15) is 14.3 Å². The Hall–Kier alpha value is -2.27. The Morgan fingerprint density at radius 3 is 2.81 bits per heavy atom. The number of benzene rings is 2. The summed E-state index contributed by atoms with van der Waals surface area (Å²) in [4.78, 5) is 11.4. The number of ether oxygens (including phenoxy) is 1. The van der Waals surface area contributed by atoms with Crippen LogP contribution in [0.1, 0.15) is 15.9 Å². The van der Waals surface area contributed by atoms with Gasteiger partial charge in [-0.2, -0.15) is 0 Å². The molecule has 0 aromatic heterocycles. The van der Waals surface area contributed by atoms with Crippen molar-refractivity contribution < 1.29 is 19.0 Å². The molecule has 0 heterocycles. The molecule has 0 saturated heterocycles. The van der Waals surface area contributed by atoms with Gasteiger partial charge in [-0.1, -0.05) is 11.6 Å². The van der Waals surface area contributed by atoms with E-state index in [0.29, 0.717) is 16.3 Å². The zero-order chi connectivity index (χ0) is 15.4. The Labute approximate surface area is 126 Å². The number of esters is 1. The summed E-state index contributed by atoms with van der Waals surface area (Å²) in [5.74, 6) is -1.30. The third-order valence-corrected chi connectivity index (χ3v) is 3.13. The van der Waals surface area contributed by atoms with Crippen molar-refractivity contribution in [1.82, 2.24) is 0 Å². The highest BCUT2D eigenvalue weighted by Gasteiger charge is 2.12. The second-order valence-corrected chi connectivity index (χ2v) is 4.75. The first-order valence-corrected chi connectivity index (χ1v) is 6.48. The summed E-state index contributed by atoms with van der Waals surface area (Å²) in [5, 5.41) is 13.2. The van der Waals surface area contributed by atoms with Gasteiger partial charge in [0.05, 0.1) is 12.7 Å². The van der Waals surface area contributed by atoms with E-state index in [2.05, 4.69) is 10.1 Å². The Morgan fingerprint density at radius 2 is 2.10 bits per heavy atom. The molecule has 2 N–H and O–H groups in total. The van der Waals surface area contributed by atoms with Crippen LogP contribution in [0.2, 0.25) is 5.02 Å². The van der Waals surface area contributed by atoms with E-state index in [0.717, 1.165) is 0 Å². The second kappa shape index (κ2) is 6.45. The van der Waals surface area contributed by atoms with Crippen LogP contribution in [0.3, 0.4) is 0 Å². The molecule has 2 aromatic carbocycles. The van der Waals surface area contributed by atoms with Gasteiger partial charge < -0.3 is 15.2 Å². The number of carbonyl (C=O) groups excluding carboxylic acids is 1. The lowest BCUT2D eigenvalue weighted by molar-refractivity contribution is 0.0595. The first-order valence-electron chi connectivity index (χ1n) is 6.10. The molecule has 0 fully saturated rings. The highest BCUT2D eigenvalue weighted by Crippen LogP contribution is 2.23. The van der Waals surface area contributed by atoms with Crippen molar-refractivity contribution >= 4 is 23.3 Å². The first kappa shape index (κ1) is 15.1. The van der Waals surface area contributed by atoms with Gasteiger partial charge in [0.15, 0.2) is 0 Å². The lowest BCUT2D eigenvalue weighted by Gasteiger charge is -2.10. The molecular formula is C15H13ClFNO3. The molecule has 4 nitrogen and oxygen atoms in total. The quantitative estimate of drug-likeness (QED) is 0.848. The summed E-state index contributed by atoms with van der Waals surface area (Å²) in [6, 6.07) is 8.70. The minimum absolute atomic E-state index is 0.0993. The maximum Gasteiger partial charge on any atom is 0.340 e. The topological polar surface area (TPSA) is 58.6 Å². The Bertz CT molecular complexity index is 676. The smallest absolute Gasteiger partial charge is 0.340 e. The number of carbonyl (C=O) groups is 1. The van der Waals surface area contributed by atoms with Gasteiger partial charge in [-0.15, -0.1) is 0 Å². The van der Waals surface area contributed by atoms with Crippen LogP contribution < -0.4 is 5.32 Å².